The van der Waals surface area contributed by atoms with Crippen molar-refractivity contribution in [2.45, 2.75) is 5.38 Å². The summed E-state index contributed by atoms with van der Waals surface area (Å²) in [6, 6.07) is 4.46. The molecule has 0 saturated heterocycles. The van der Waals surface area contributed by atoms with Crippen molar-refractivity contribution in [3.63, 3.8) is 0 Å². The molecule has 2 aromatic heterocycles. The third-order valence-corrected chi connectivity index (χ3v) is 4.65. The van der Waals surface area contributed by atoms with Crippen molar-refractivity contribution in [1.82, 2.24) is 10.2 Å². The smallest absolute Gasteiger partial charge is 0.375 e. The van der Waals surface area contributed by atoms with Gasteiger partial charge in [0.05, 0.1) is 5.39 Å². The number of carbonyl (C=O) groups excluding carboxylic acids is 1. The van der Waals surface area contributed by atoms with Gasteiger partial charge in [-0.1, -0.05) is 27.3 Å². The highest BCUT2D eigenvalue weighted by Crippen LogP contribution is 2.36. The molecule has 12 heteroatoms. The first-order chi connectivity index (χ1) is 11.7. The number of nitrogens with zero attached hydrogens (tertiary/aromatic N) is 2. The van der Waals surface area contributed by atoms with Gasteiger partial charge in [-0.25, -0.2) is 4.79 Å². The number of fused-ring (bicyclic) bond motifs is 1. The first-order valence-electron chi connectivity index (χ1n) is 6.34. The second kappa shape index (κ2) is 6.32. The van der Waals surface area contributed by atoms with Gasteiger partial charge in [0.25, 0.3) is 5.91 Å². The Balaban J connectivity index is 2.00. The van der Waals surface area contributed by atoms with E-state index in [4.69, 9.17) is 16.0 Å². The predicted molar refractivity (Wildman–Crippen MR) is 89.5 cm³/mol. The predicted octanol–water partition coefficient (Wildman–Crippen LogP) is 3.65. The molecule has 2 N–H and O–H groups in total. The summed E-state index contributed by atoms with van der Waals surface area (Å²) in [6.07, 6.45) is 0. The van der Waals surface area contributed by atoms with E-state index in [2.05, 4.69) is 31.4 Å². The largest absolute Gasteiger partial charge is 0.506 e. The number of hydrogen-bond donors (Lipinski definition) is 2. The number of hydrogen-bond acceptors (Lipinski definition) is 7. The third-order valence-electron chi connectivity index (χ3n) is 2.96. The normalized spacial score (nSPS) is 11.7. The van der Waals surface area contributed by atoms with Gasteiger partial charge in [0, 0.05) is 4.47 Å². The Labute approximate surface area is 154 Å². The molecule has 3 aromatic rings. The quantitative estimate of drug-likeness (QED) is 0.464. The van der Waals surface area contributed by atoms with Crippen molar-refractivity contribution >= 4 is 60.9 Å². The Kier molecular flexibility index (Phi) is 4.47. The number of anilines is 1. The standard InChI is InChI=1S/C13H5BrClF2N3O4S/c14-4-1-2-6-5(3-4)8(21)7(10(23)24-6)9(22)18-12-20-19-11(25-12)13(15,16)17/h1-3,21H,(H,18,20,22). The number of nitrogens with one attached hydrogen (secondary N) is 1. The SMILES string of the molecule is O=C(Nc1nnc(C(F)(F)Cl)s1)c1c(O)c2cc(Br)ccc2oc1=O. The molecule has 0 fully saturated rings. The Morgan fingerprint density at radius 1 is 1.40 bits per heavy atom. The Morgan fingerprint density at radius 3 is 2.76 bits per heavy atom. The molecule has 0 aliphatic rings. The molecule has 0 aliphatic heterocycles. The minimum atomic E-state index is -3.74. The maximum absolute atomic E-state index is 12.9. The zero-order chi connectivity index (χ0) is 18.4. The fourth-order valence-corrected chi connectivity index (χ4v) is 3.03. The van der Waals surface area contributed by atoms with E-state index < -0.39 is 33.2 Å². The molecule has 0 atom stereocenters. The average molecular weight is 453 g/mol. The summed E-state index contributed by atoms with van der Waals surface area (Å²) in [5.41, 5.74) is -1.72. The van der Waals surface area contributed by atoms with E-state index >= 15 is 0 Å². The molecule has 0 bridgehead atoms. The molecule has 0 aliphatic carbocycles. The lowest BCUT2D eigenvalue weighted by atomic mass is 10.1. The summed E-state index contributed by atoms with van der Waals surface area (Å²) in [7, 11) is 0. The molecule has 25 heavy (non-hydrogen) atoms. The first-order valence-corrected chi connectivity index (χ1v) is 8.33. The van der Waals surface area contributed by atoms with Crippen molar-refractivity contribution in [2.75, 3.05) is 5.32 Å². The molecule has 0 saturated carbocycles. The van der Waals surface area contributed by atoms with Crippen LogP contribution in [0.15, 0.2) is 31.9 Å². The summed E-state index contributed by atoms with van der Waals surface area (Å²) >= 11 is 8.32. The van der Waals surface area contributed by atoms with E-state index in [0.29, 0.717) is 15.8 Å². The number of amides is 1. The van der Waals surface area contributed by atoms with Crippen LogP contribution in [0.3, 0.4) is 0 Å². The Bertz CT molecular complexity index is 1050. The molecular weight excluding hydrogens is 448 g/mol. The molecule has 2 heterocycles. The zero-order valence-electron chi connectivity index (χ0n) is 11.7. The molecule has 3 rings (SSSR count). The fraction of sp³-hybridized carbons (Fsp3) is 0.0769. The van der Waals surface area contributed by atoms with Gasteiger partial charge < -0.3 is 9.52 Å². The fourth-order valence-electron chi connectivity index (χ4n) is 1.91. The minimum absolute atomic E-state index is 0.0715. The molecular formula is C13H5BrClF2N3O4S. The summed E-state index contributed by atoms with van der Waals surface area (Å²) in [4.78, 5) is 24.2. The number of alkyl halides is 3. The van der Waals surface area contributed by atoms with Gasteiger partial charge in [-0.15, -0.1) is 10.2 Å². The third kappa shape index (κ3) is 3.48. The van der Waals surface area contributed by atoms with Crippen molar-refractivity contribution in [1.29, 1.82) is 0 Å². The van der Waals surface area contributed by atoms with Crippen LogP contribution in [0.1, 0.15) is 15.4 Å². The number of aromatic hydroxyl groups is 1. The number of carbonyl (C=O) groups is 1. The van der Waals surface area contributed by atoms with E-state index in [1.54, 1.807) is 6.07 Å². The van der Waals surface area contributed by atoms with Crippen LogP contribution in [0.4, 0.5) is 13.9 Å². The van der Waals surface area contributed by atoms with E-state index in [1.165, 1.54) is 12.1 Å². The highest BCUT2D eigenvalue weighted by molar-refractivity contribution is 9.10. The topological polar surface area (TPSA) is 105 Å². The van der Waals surface area contributed by atoms with Gasteiger partial charge in [0.15, 0.2) is 5.56 Å². The van der Waals surface area contributed by atoms with Crippen LogP contribution in [-0.4, -0.2) is 21.2 Å². The lowest BCUT2D eigenvalue weighted by Crippen LogP contribution is -2.21. The van der Waals surface area contributed by atoms with Crippen LogP contribution in [0, 0.1) is 0 Å². The monoisotopic (exact) mass is 451 g/mol. The van der Waals surface area contributed by atoms with E-state index in [9.17, 15) is 23.5 Å². The summed E-state index contributed by atoms with van der Waals surface area (Å²) < 4.78 is 31.4. The molecule has 1 aromatic carbocycles. The minimum Gasteiger partial charge on any atom is -0.506 e. The molecule has 0 spiro atoms. The maximum Gasteiger partial charge on any atom is 0.375 e. The first kappa shape index (κ1) is 17.7. The summed E-state index contributed by atoms with van der Waals surface area (Å²) in [6.45, 7) is 0. The molecule has 0 radical (unpaired) electrons. The van der Waals surface area contributed by atoms with Crippen molar-refractivity contribution < 1.29 is 23.1 Å². The van der Waals surface area contributed by atoms with Gasteiger partial charge in [0.2, 0.25) is 10.1 Å². The van der Waals surface area contributed by atoms with Crippen molar-refractivity contribution in [3.05, 3.63) is 43.7 Å². The van der Waals surface area contributed by atoms with E-state index in [1.807, 2.05) is 0 Å². The number of aromatic nitrogens is 2. The lowest BCUT2D eigenvalue weighted by molar-refractivity contribution is 0.0939. The Hall–Kier alpha value is -2.11. The van der Waals surface area contributed by atoms with Crippen molar-refractivity contribution in [2.24, 2.45) is 0 Å². The number of rotatable bonds is 3. The van der Waals surface area contributed by atoms with Gasteiger partial charge in [-0.3, -0.25) is 10.1 Å². The molecule has 1 amide bonds. The van der Waals surface area contributed by atoms with Crippen LogP contribution in [0.25, 0.3) is 11.0 Å². The number of halogens is 4. The van der Waals surface area contributed by atoms with Crippen LogP contribution >= 0.6 is 38.9 Å². The summed E-state index contributed by atoms with van der Waals surface area (Å²) in [5, 5.41) is 14.0. The second-order valence-corrected chi connectivity index (χ2v) is 6.99. The van der Waals surface area contributed by atoms with Crippen LogP contribution in [-0.2, 0) is 5.38 Å². The van der Waals surface area contributed by atoms with Crippen molar-refractivity contribution in [3.8, 4) is 5.75 Å². The number of benzene rings is 1. The van der Waals surface area contributed by atoms with Crippen LogP contribution in [0.2, 0.25) is 0 Å². The van der Waals surface area contributed by atoms with Gasteiger partial charge in [0.1, 0.15) is 11.3 Å². The highest BCUT2D eigenvalue weighted by Gasteiger charge is 2.33. The highest BCUT2D eigenvalue weighted by atomic mass is 79.9. The van der Waals surface area contributed by atoms with Crippen LogP contribution < -0.4 is 10.9 Å². The average Bonchev–Trinajstić information content (AvgIpc) is 2.97. The molecule has 0 unspecified atom stereocenters. The van der Waals surface area contributed by atoms with E-state index in [0.717, 1.165) is 0 Å². The second-order valence-electron chi connectivity index (χ2n) is 4.62. The molecule has 7 nitrogen and oxygen atoms in total. The van der Waals surface area contributed by atoms with Crippen LogP contribution in [0.5, 0.6) is 5.75 Å². The summed E-state index contributed by atoms with van der Waals surface area (Å²) in [5.74, 6) is -1.70. The Morgan fingerprint density at radius 2 is 2.12 bits per heavy atom. The lowest BCUT2D eigenvalue weighted by Gasteiger charge is -2.06. The van der Waals surface area contributed by atoms with Gasteiger partial charge >= 0.3 is 11.0 Å². The van der Waals surface area contributed by atoms with Gasteiger partial charge in [-0.2, -0.15) is 8.78 Å². The van der Waals surface area contributed by atoms with E-state index in [-0.39, 0.29) is 16.1 Å². The zero-order valence-corrected chi connectivity index (χ0v) is 14.9. The molecule has 130 valence electrons. The maximum atomic E-state index is 12.9. The van der Waals surface area contributed by atoms with Gasteiger partial charge in [-0.05, 0) is 29.8 Å².